The normalized spacial score (nSPS) is 11.9. The van der Waals surface area contributed by atoms with E-state index in [0.29, 0.717) is 17.1 Å². The molecule has 6 nitrogen and oxygen atoms in total. The van der Waals surface area contributed by atoms with Crippen molar-refractivity contribution in [1.82, 2.24) is 10.6 Å². The van der Waals surface area contributed by atoms with E-state index in [9.17, 15) is 14.0 Å². The molecular weight excluding hydrogens is 351 g/mol. The van der Waals surface area contributed by atoms with Crippen LogP contribution in [0.3, 0.4) is 0 Å². The topological polar surface area (TPSA) is 76.7 Å². The van der Waals surface area contributed by atoms with Gasteiger partial charge in [0.25, 0.3) is 11.8 Å². The van der Waals surface area contributed by atoms with Gasteiger partial charge in [-0.15, -0.1) is 0 Å². The first-order valence-corrected chi connectivity index (χ1v) is 7.84. The summed E-state index contributed by atoms with van der Waals surface area (Å²) in [6, 6.07) is 8.85. The molecule has 1 heterocycles. The Morgan fingerprint density at radius 3 is 2.52 bits per heavy atom. The Morgan fingerprint density at radius 1 is 1.04 bits per heavy atom. The third kappa shape index (κ3) is 3.83. The second-order valence-electron chi connectivity index (χ2n) is 5.18. The number of ether oxygens (including phenoxy) is 2. The van der Waals surface area contributed by atoms with Gasteiger partial charge in [-0.05, 0) is 30.3 Å². The molecule has 0 saturated heterocycles. The van der Waals surface area contributed by atoms with Gasteiger partial charge < -0.3 is 20.1 Å². The number of nitrogens with one attached hydrogen (secondary N) is 2. The average molecular weight is 365 g/mol. The summed E-state index contributed by atoms with van der Waals surface area (Å²) < 4.78 is 24.0. The van der Waals surface area contributed by atoms with Crippen molar-refractivity contribution in [3.8, 4) is 11.5 Å². The lowest BCUT2D eigenvalue weighted by atomic mass is 10.2. The number of fused-ring (bicyclic) bond motifs is 1. The second-order valence-corrected chi connectivity index (χ2v) is 5.58. The highest BCUT2D eigenvalue weighted by Gasteiger charge is 2.17. The molecular formula is C17H14ClFN2O4. The van der Waals surface area contributed by atoms with E-state index < -0.39 is 11.7 Å². The van der Waals surface area contributed by atoms with Crippen LogP contribution in [0.1, 0.15) is 20.7 Å². The molecule has 2 N–H and O–H groups in total. The molecule has 2 aromatic carbocycles. The minimum Gasteiger partial charge on any atom is -0.454 e. The smallest absolute Gasteiger partial charge is 0.255 e. The fourth-order valence-corrected chi connectivity index (χ4v) is 2.54. The zero-order chi connectivity index (χ0) is 17.8. The van der Waals surface area contributed by atoms with Gasteiger partial charge in [-0.25, -0.2) is 4.39 Å². The van der Waals surface area contributed by atoms with Crippen LogP contribution in [0.15, 0.2) is 36.4 Å². The molecule has 3 rings (SSSR count). The Hall–Kier alpha value is -2.80. The summed E-state index contributed by atoms with van der Waals surface area (Å²) >= 11 is 5.82. The molecule has 1 aliphatic rings. The summed E-state index contributed by atoms with van der Waals surface area (Å²) in [7, 11) is 0. The quantitative estimate of drug-likeness (QED) is 0.799. The molecule has 0 fully saturated rings. The van der Waals surface area contributed by atoms with E-state index in [1.807, 2.05) is 0 Å². The molecule has 0 spiro atoms. The summed E-state index contributed by atoms with van der Waals surface area (Å²) in [5.41, 5.74) is 0.194. The molecule has 0 radical (unpaired) electrons. The maximum atomic E-state index is 13.6. The van der Waals surface area contributed by atoms with E-state index >= 15 is 0 Å². The first-order chi connectivity index (χ1) is 12.1. The van der Waals surface area contributed by atoms with Gasteiger partial charge >= 0.3 is 0 Å². The highest BCUT2D eigenvalue weighted by atomic mass is 35.5. The predicted octanol–water partition coefficient (Wildman–Crippen LogP) is 2.37. The lowest BCUT2D eigenvalue weighted by Crippen LogP contribution is -2.35. The monoisotopic (exact) mass is 364 g/mol. The number of carbonyl (C=O) groups is 2. The van der Waals surface area contributed by atoms with Gasteiger partial charge in [0.05, 0.1) is 10.6 Å². The van der Waals surface area contributed by atoms with E-state index in [0.717, 1.165) is 6.07 Å². The van der Waals surface area contributed by atoms with Crippen LogP contribution >= 0.6 is 11.6 Å². The van der Waals surface area contributed by atoms with E-state index in [1.54, 1.807) is 18.2 Å². The van der Waals surface area contributed by atoms with Crippen molar-refractivity contribution in [2.75, 3.05) is 19.9 Å². The molecule has 0 aromatic heterocycles. The van der Waals surface area contributed by atoms with Crippen molar-refractivity contribution >= 4 is 23.4 Å². The molecule has 0 saturated carbocycles. The van der Waals surface area contributed by atoms with Crippen molar-refractivity contribution in [2.24, 2.45) is 0 Å². The van der Waals surface area contributed by atoms with Gasteiger partial charge in [-0.1, -0.05) is 17.7 Å². The molecule has 0 aliphatic carbocycles. The summed E-state index contributed by atoms with van der Waals surface area (Å²) in [5.74, 6) is -0.563. The third-order valence-electron chi connectivity index (χ3n) is 3.52. The number of carbonyl (C=O) groups excluding carboxylic acids is 2. The van der Waals surface area contributed by atoms with Crippen LogP contribution < -0.4 is 20.1 Å². The first-order valence-electron chi connectivity index (χ1n) is 7.46. The van der Waals surface area contributed by atoms with Gasteiger partial charge in [0.1, 0.15) is 5.82 Å². The number of halogens is 2. The number of amides is 2. The lowest BCUT2D eigenvalue weighted by Gasteiger charge is -2.09. The SMILES string of the molecule is O=C(NCCNC(=O)c1c(F)cccc1Cl)c1ccc2c(c1)OCO2. The molecule has 0 unspecified atom stereocenters. The van der Waals surface area contributed by atoms with Gasteiger partial charge in [0.2, 0.25) is 6.79 Å². The zero-order valence-electron chi connectivity index (χ0n) is 13.0. The summed E-state index contributed by atoms with van der Waals surface area (Å²) in [4.78, 5) is 24.0. The highest BCUT2D eigenvalue weighted by molar-refractivity contribution is 6.33. The maximum Gasteiger partial charge on any atom is 0.255 e. The molecule has 1 aliphatic heterocycles. The van der Waals surface area contributed by atoms with Crippen LogP contribution in [0.4, 0.5) is 4.39 Å². The van der Waals surface area contributed by atoms with Crippen molar-refractivity contribution in [1.29, 1.82) is 0 Å². The fourth-order valence-electron chi connectivity index (χ4n) is 2.30. The summed E-state index contributed by atoms with van der Waals surface area (Å²) in [5, 5.41) is 5.19. The predicted molar refractivity (Wildman–Crippen MR) is 88.6 cm³/mol. The standard InChI is InChI=1S/C17H14ClFN2O4/c18-11-2-1-3-12(19)15(11)17(23)21-7-6-20-16(22)10-4-5-13-14(8-10)25-9-24-13/h1-5,8H,6-7,9H2,(H,20,22)(H,21,23). The number of hydrogen-bond acceptors (Lipinski definition) is 4. The Kier molecular flexibility index (Phi) is 5.04. The Morgan fingerprint density at radius 2 is 1.76 bits per heavy atom. The summed E-state index contributed by atoms with van der Waals surface area (Å²) in [6.07, 6.45) is 0. The molecule has 130 valence electrons. The minimum absolute atomic E-state index is 0.0295. The van der Waals surface area contributed by atoms with E-state index in [4.69, 9.17) is 21.1 Å². The molecule has 2 aromatic rings. The molecule has 0 atom stereocenters. The molecule has 8 heteroatoms. The average Bonchev–Trinajstić information content (AvgIpc) is 3.06. The molecule has 25 heavy (non-hydrogen) atoms. The largest absolute Gasteiger partial charge is 0.454 e. The van der Waals surface area contributed by atoms with Crippen molar-refractivity contribution in [3.05, 3.63) is 58.4 Å². The fraction of sp³-hybridized carbons (Fsp3) is 0.176. The molecule has 0 bridgehead atoms. The Balaban J connectivity index is 1.50. The van der Waals surface area contributed by atoms with Gasteiger partial charge in [-0.2, -0.15) is 0 Å². The zero-order valence-corrected chi connectivity index (χ0v) is 13.7. The second kappa shape index (κ2) is 7.40. The lowest BCUT2D eigenvalue weighted by molar-refractivity contribution is 0.0925. The van der Waals surface area contributed by atoms with E-state index in [2.05, 4.69) is 10.6 Å². The van der Waals surface area contributed by atoms with E-state index in [-0.39, 0.29) is 36.4 Å². The number of benzene rings is 2. The third-order valence-corrected chi connectivity index (χ3v) is 3.84. The number of hydrogen-bond donors (Lipinski definition) is 2. The van der Waals surface area contributed by atoms with Crippen LogP contribution in [0.25, 0.3) is 0 Å². The van der Waals surface area contributed by atoms with Crippen LogP contribution in [-0.4, -0.2) is 31.7 Å². The minimum atomic E-state index is -0.700. The van der Waals surface area contributed by atoms with Crippen LogP contribution in [-0.2, 0) is 0 Å². The Labute approximate surface area is 147 Å². The van der Waals surface area contributed by atoms with Crippen molar-refractivity contribution in [3.63, 3.8) is 0 Å². The number of rotatable bonds is 5. The van der Waals surface area contributed by atoms with Crippen molar-refractivity contribution < 1.29 is 23.5 Å². The first kappa shape index (κ1) is 17.0. The van der Waals surface area contributed by atoms with Crippen LogP contribution in [0.2, 0.25) is 5.02 Å². The van der Waals surface area contributed by atoms with Gasteiger partial charge in [0.15, 0.2) is 11.5 Å². The van der Waals surface area contributed by atoms with E-state index in [1.165, 1.54) is 12.1 Å². The van der Waals surface area contributed by atoms with Crippen molar-refractivity contribution in [2.45, 2.75) is 0 Å². The van der Waals surface area contributed by atoms with Gasteiger partial charge in [-0.3, -0.25) is 9.59 Å². The van der Waals surface area contributed by atoms with Gasteiger partial charge in [0, 0.05) is 18.7 Å². The van der Waals surface area contributed by atoms with Crippen LogP contribution in [0, 0.1) is 5.82 Å². The highest BCUT2D eigenvalue weighted by Crippen LogP contribution is 2.32. The maximum absolute atomic E-state index is 13.6. The Bertz CT molecular complexity index is 808. The molecule has 2 amide bonds. The van der Waals surface area contributed by atoms with Crippen LogP contribution in [0.5, 0.6) is 11.5 Å². The summed E-state index contributed by atoms with van der Waals surface area (Å²) in [6.45, 7) is 0.427.